The highest BCUT2D eigenvalue weighted by Gasteiger charge is 2.41. The van der Waals surface area contributed by atoms with Crippen molar-refractivity contribution in [2.75, 3.05) is 19.8 Å². The summed E-state index contributed by atoms with van der Waals surface area (Å²) in [5, 5.41) is 17.7. The van der Waals surface area contributed by atoms with Gasteiger partial charge < -0.3 is 15.2 Å². The number of nitrogens with zero attached hydrogens (tertiary/aromatic N) is 2. The summed E-state index contributed by atoms with van der Waals surface area (Å²) >= 11 is 0. The van der Waals surface area contributed by atoms with Crippen LogP contribution in [-0.4, -0.2) is 40.6 Å². The Kier molecular flexibility index (Phi) is 5.74. The molecule has 0 aliphatic carbocycles. The third kappa shape index (κ3) is 4.09. The molecular formula is C23H25N3O3. The number of amides is 1. The van der Waals surface area contributed by atoms with Crippen LogP contribution in [0.5, 0.6) is 0 Å². The first-order valence-electron chi connectivity index (χ1n) is 9.89. The maximum absolute atomic E-state index is 13.2. The summed E-state index contributed by atoms with van der Waals surface area (Å²) in [6.45, 7) is 1.27. The summed E-state index contributed by atoms with van der Waals surface area (Å²) in [6, 6.07) is 19.2. The molecule has 0 bridgehead atoms. The van der Waals surface area contributed by atoms with Gasteiger partial charge in [-0.05, 0) is 42.2 Å². The number of aliphatic hydroxyl groups excluding tert-OH is 1. The van der Waals surface area contributed by atoms with E-state index in [9.17, 15) is 9.90 Å². The minimum atomic E-state index is -0.779. The van der Waals surface area contributed by atoms with E-state index in [1.54, 1.807) is 10.9 Å². The van der Waals surface area contributed by atoms with Gasteiger partial charge in [-0.25, -0.2) is 4.68 Å². The molecule has 1 aliphatic rings. The van der Waals surface area contributed by atoms with Gasteiger partial charge in [0.05, 0.1) is 17.2 Å². The maximum Gasteiger partial charge on any atom is 0.230 e. The van der Waals surface area contributed by atoms with E-state index in [1.807, 2.05) is 66.9 Å². The first-order chi connectivity index (χ1) is 14.2. The van der Waals surface area contributed by atoms with Gasteiger partial charge in [-0.3, -0.25) is 4.79 Å². The maximum atomic E-state index is 13.2. The molecule has 6 heteroatoms. The predicted molar refractivity (Wildman–Crippen MR) is 110 cm³/mol. The van der Waals surface area contributed by atoms with E-state index in [-0.39, 0.29) is 12.5 Å². The molecule has 0 radical (unpaired) electrons. The van der Waals surface area contributed by atoms with E-state index in [1.165, 1.54) is 0 Å². The molecule has 1 fully saturated rings. The third-order valence-electron chi connectivity index (χ3n) is 5.61. The molecule has 6 nitrogen and oxygen atoms in total. The number of rotatable bonds is 6. The lowest BCUT2D eigenvalue weighted by Gasteiger charge is -2.36. The SMILES string of the molecule is O=C(NCC(O)c1ccc(-n2cccn2)cc1)C1(c2ccccc2)CCOCC1. The summed E-state index contributed by atoms with van der Waals surface area (Å²) in [5.41, 5.74) is 2.06. The molecule has 2 heterocycles. The van der Waals surface area contributed by atoms with E-state index in [0.29, 0.717) is 26.1 Å². The fourth-order valence-corrected chi connectivity index (χ4v) is 3.87. The molecule has 1 aromatic heterocycles. The highest BCUT2D eigenvalue weighted by Crippen LogP contribution is 2.35. The van der Waals surface area contributed by atoms with E-state index in [0.717, 1.165) is 16.8 Å². The molecule has 2 N–H and O–H groups in total. The lowest BCUT2D eigenvalue weighted by atomic mass is 9.73. The van der Waals surface area contributed by atoms with Crippen molar-refractivity contribution in [3.8, 4) is 5.69 Å². The van der Waals surface area contributed by atoms with E-state index < -0.39 is 11.5 Å². The van der Waals surface area contributed by atoms with Gasteiger partial charge in [0.1, 0.15) is 0 Å². The Morgan fingerprint density at radius 1 is 1.10 bits per heavy atom. The molecule has 29 heavy (non-hydrogen) atoms. The van der Waals surface area contributed by atoms with Crippen molar-refractivity contribution < 1.29 is 14.6 Å². The number of carbonyl (C=O) groups excluding carboxylic acids is 1. The van der Waals surface area contributed by atoms with Gasteiger partial charge in [0, 0.05) is 32.2 Å². The quantitative estimate of drug-likeness (QED) is 0.678. The molecule has 0 saturated carbocycles. The number of benzene rings is 2. The average molecular weight is 391 g/mol. The average Bonchev–Trinajstić information content (AvgIpc) is 3.33. The largest absolute Gasteiger partial charge is 0.387 e. The van der Waals surface area contributed by atoms with Crippen molar-refractivity contribution in [1.82, 2.24) is 15.1 Å². The van der Waals surface area contributed by atoms with Crippen LogP contribution >= 0.6 is 0 Å². The van der Waals surface area contributed by atoms with Crippen LogP contribution in [0.15, 0.2) is 73.1 Å². The van der Waals surface area contributed by atoms with Crippen LogP contribution in [-0.2, 0) is 14.9 Å². The van der Waals surface area contributed by atoms with E-state index in [4.69, 9.17) is 4.74 Å². The predicted octanol–water partition coefficient (Wildman–Crippen LogP) is 2.77. The minimum Gasteiger partial charge on any atom is -0.387 e. The first kappa shape index (κ1) is 19.4. The van der Waals surface area contributed by atoms with E-state index >= 15 is 0 Å². The third-order valence-corrected chi connectivity index (χ3v) is 5.61. The number of aliphatic hydroxyl groups is 1. The highest BCUT2D eigenvalue weighted by molar-refractivity contribution is 5.88. The van der Waals surface area contributed by atoms with Gasteiger partial charge in [0.15, 0.2) is 0 Å². The molecule has 1 atom stereocenters. The number of ether oxygens (including phenoxy) is 1. The molecule has 4 rings (SSSR count). The van der Waals surface area contributed by atoms with Gasteiger partial charge in [-0.2, -0.15) is 5.10 Å². The van der Waals surface area contributed by atoms with Crippen molar-refractivity contribution in [2.45, 2.75) is 24.4 Å². The summed E-state index contributed by atoms with van der Waals surface area (Å²) in [4.78, 5) is 13.2. The lowest BCUT2D eigenvalue weighted by Crippen LogP contribution is -2.48. The Balaban J connectivity index is 1.43. The smallest absolute Gasteiger partial charge is 0.230 e. The molecule has 1 amide bonds. The van der Waals surface area contributed by atoms with Gasteiger partial charge in [-0.1, -0.05) is 42.5 Å². The molecule has 1 unspecified atom stereocenters. The van der Waals surface area contributed by atoms with Crippen LogP contribution in [0.3, 0.4) is 0 Å². The van der Waals surface area contributed by atoms with Gasteiger partial charge in [0.2, 0.25) is 5.91 Å². The molecule has 1 saturated heterocycles. The second kappa shape index (κ2) is 8.59. The van der Waals surface area contributed by atoms with Crippen molar-refractivity contribution in [3.63, 3.8) is 0 Å². The van der Waals surface area contributed by atoms with E-state index in [2.05, 4.69) is 10.4 Å². The molecule has 150 valence electrons. The van der Waals surface area contributed by atoms with Crippen molar-refractivity contribution in [1.29, 1.82) is 0 Å². The fraction of sp³-hybridized carbons (Fsp3) is 0.304. The Bertz CT molecular complexity index is 918. The Morgan fingerprint density at radius 3 is 2.48 bits per heavy atom. The fourth-order valence-electron chi connectivity index (χ4n) is 3.87. The molecule has 0 spiro atoms. The topological polar surface area (TPSA) is 76.4 Å². The van der Waals surface area contributed by atoms with Crippen molar-refractivity contribution in [3.05, 3.63) is 84.2 Å². The summed E-state index contributed by atoms with van der Waals surface area (Å²) in [5.74, 6) is -0.0563. The highest BCUT2D eigenvalue weighted by atomic mass is 16.5. The van der Waals surface area contributed by atoms with Gasteiger partial charge in [0.25, 0.3) is 0 Å². The van der Waals surface area contributed by atoms with Gasteiger partial charge in [-0.15, -0.1) is 0 Å². The molecular weight excluding hydrogens is 366 g/mol. The summed E-state index contributed by atoms with van der Waals surface area (Å²) in [7, 11) is 0. The van der Waals surface area contributed by atoms with Crippen LogP contribution in [0, 0.1) is 0 Å². The molecule has 3 aromatic rings. The molecule has 2 aromatic carbocycles. The summed E-state index contributed by atoms with van der Waals surface area (Å²) < 4.78 is 7.25. The second-order valence-electron chi connectivity index (χ2n) is 7.33. The number of nitrogens with one attached hydrogen (secondary N) is 1. The Morgan fingerprint density at radius 2 is 1.83 bits per heavy atom. The number of aromatic nitrogens is 2. The van der Waals surface area contributed by atoms with Crippen LogP contribution < -0.4 is 5.32 Å². The second-order valence-corrected chi connectivity index (χ2v) is 7.33. The van der Waals surface area contributed by atoms with Crippen molar-refractivity contribution >= 4 is 5.91 Å². The Labute approximate surface area is 170 Å². The number of carbonyl (C=O) groups is 1. The number of hydrogen-bond donors (Lipinski definition) is 2. The standard InChI is InChI=1S/C23H25N3O3/c27-21(18-7-9-20(10-8-18)26-14-4-13-25-26)17-24-22(28)23(11-15-29-16-12-23)19-5-2-1-3-6-19/h1-10,13-14,21,27H,11-12,15-17H2,(H,24,28). The monoisotopic (exact) mass is 391 g/mol. The zero-order valence-corrected chi connectivity index (χ0v) is 16.2. The van der Waals surface area contributed by atoms with Crippen LogP contribution in [0.25, 0.3) is 5.69 Å². The van der Waals surface area contributed by atoms with Crippen LogP contribution in [0.4, 0.5) is 0 Å². The minimum absolute atomic E-state index is 0.0563. The zero-order valence-electron chi connectivity index (χ0n) is 16.2. The summed E-state index contributed by atoms with van der Waals surface area (Å²) in [6.07, 6.45) is 4.08. The van der Waals surface area contributed by atoms with Crippen LogP contribution in [0.1, 0.15) is 30.1 Å². The Hall–Kier alpha value is -2.96. The van der Waals surface area contributed by atoms with Crippen LogP contribution in [0.2, 0.25) is 0 Å². The lowest BCUT2D eigenvalue weighted by molar-refractivity contribution is -0.131. The zero-order chi connectivity index (χ0) is 20.1. The normalized spacial score (nSPS) is 16.9. The van der Waals surface area contributed by atoms with Crippen molar-refractivity contribution in [2.24, 2.45) is 0 Å². The first-order valence-corrected chi connectivity index (χ1v) is 9.89. The molecule has 1 aliphatic heterocycles. The number of hydrogen-bond acceptors (Lipinski definition) is 4. The van der Waals surface area contributed by atoms with Gasteiger partial charge >= 0.3 is 0 Å².